The second kappa shape index (κ2) is 8.62. The van der Waals surface area contributed by atoms with E-state index in [1.54, 1.807) is 4.90 Å². The molecule has 2 rings (SSSR count). The van der Waals surface area contributed by atoms with E-state index in [-0.39, 0.29) is 17.2 Å². The van der Waals surface area contributed by atoms with Crippen molar-refractivity contribution in [3.05, 3.63) is 66.0 Å². The fourth-order valence-corrected chi connectivity index (χ4v) is 3.45. The quantitative estimate of drug-likeness (QED) is 0.632. The number of rotatable bonds is 6. The maximum Gasteiger partial charge on any atom is 0.193 e. The molecule has 0 heterocycles. The molecule has 7 heteroatoms. The highest BCUT2D eigenvalue weighted by molar-refractivity contribution is 7.91. The predicted molar refractivity (Wildman–Crippen MR) is 97.7 cm³/mol. The molecule has 25 heavy (non-hydrogen) atoms. The summed E-state index contributed by atoms with van der Waals surface area (Å²) in [5.74, 6) is -0.368. The van der Waals surface area contributed by atoms with E-state index < -0.39 is 15.7 Å². The molecule has 2 aromatic carbocycles. The zero-order chi connectivity index (χ0) is 18.3. The maximum atomic E-state index is 13.7. The van der Waals surface area contributed by atoms with E-state index >= 15 is 0 Å². The van der Waals surface area contributed by atoms with E-state index in [0.29, 0.717) is 12.5 Å². The Labute approximate surface area is 148 Å². The Kier molecular flexibility index (Phi) is 6.52. The largest absolute Gasteiger partial charge is 0.355 e. The standard InChI is InChI=1S/C18H22FN3O2S/c1-22(2)18(21-14-15-8-4-3-5-9-15)20-12-13-25(23,24)17-11-7-6-10-16(17)19/h3-11H,12-14H2,1-2H3,(H,20,21). The maximum absolute atomic E-state index is 13.7. The highest BCUT2D eigenvalue weighted by Gasteiger charge is 2.18. The monoisotopic (exact) mass is 363 g/mol. The first-order valence-corrected chi connectivity index (χ1v) is 9.52. The van der Waals surface area contributed by atoms with Gasteiger partial charge in [0, 0.05) is 20.6 Å². The van der Waals surface area contributed by atoms with Crippen molar-refractivity contribution in [3.63, 3.8) is 0 Å². The van der Waals surface area contributed by atoms with Crippen LogP contribution >= 0.6 is 0 Å². The predicted octanol–water partition coefficient (Wildman–Crippen LogP) is 2.31. The molecule has 0 amide bonds. The average molecular weight is 363 g/mol. The molecule has 0 saturated heterocycles. The summed E-state index contributed by atoms with van der Waals surface area (Å²) in [5.41, 5.74) is 1.06. The molecular weight excluding hydrogens is 341 g/mol. The highest BCUT2D eigenvalue weighted by Crippen LogP contribution is 2.14. The summed E-state index contributed by atoms with van der Waals surface area (Å²) < 4.78 is 38.2. The van der Waals surface area contributed by atoms with Gasteiger partial charge in [0.15, 0.2) is 15.8 Å². The number of aliphatic imine (C=N–C) groups is 1. The van der Waals surface area contributed by atoms with Crippen molar-refractivity contribution in [1.29, 1.82) is 0 Å². The van der Waals surface area contributed by atoms with Crippen molar-refractivity contribution in [1.82, 2.24) is 10.2 Å². The molecule has 2 aromatic rings. The number of benzene rings is 2. The van der Waals surface area contributed by atoms with Gasteiger partial charge in [-0.3, -0.25) is 0 Å². The summed E-state index contributed by atoms with van der Waals surface area (Å²) in [6, 6.07) is 15.2. The number of sulfone groups is 1. The van der Waals surface area contributed by atoms with Crippen LogP contribution < -0.4 is 5.32 Å². The number of guanidine groups is 1. The third-order valence-corrected chi connectivity index (χ3v) is 5.25. The van der Waals surface area contributed by atoms with Gasteiger partial charge in [0.25, 0.3) is 0 Å². The van der Waals surface area contributed by atoms with E-state index in [4.69, 9.17) is 0 Å². The lowest BCUT2D eigenvalue weighted by Crippen LogP contribution is -2.39. The van der Waals surface area contributed by atoms with Crippen LogP contribution in [-0.2, 0) is 16.4 Å². The van der Waals surface area contributed by atoms with Gasteiger partial charge in [0.1, 0.15) is 10.7 Å². The van der Waals surface area contributed by atoms with Crippen LogP contribution in [0.5, 0.6) is 0 Å². The van der Waals surface area contributed by atoms with Crippen LogP contribution in [0.15, 0.2) is 64.5 Å². The number of hydrogen-bond acceptors (Lipinski definition) is 3. The Morgan fingerprint density at radius 2 is 1.72 bits per heavy atom. The Bertz CT molecular complexity index is 821. The van der Waals surface area contributed by atoms with Crippen molar-refractivity contribution in [3.8, 4) is 0 Å². The lowest BCUT2D eigenvalue weighted by molar-refractivity contribution is 0.562. The van der Waals surface area contributed by atoms with Gasteiger partial charge in [-0.2, -0.15) is 0 Å². The fraction of sp³-hybridized carbons (Fsp3) is 0.278. The fourth-order valence-electron chi connectivity index (χ4n) is 2.21. The second-order valence-electron chi connectivity index (χ2n) is 5.70. The molecule has 0 aromatic heterocycles. The van der Waals surface area contributed by atoms with E-state index in [1.165, 1.54) is 18.2 Å². The second-order valence-corrected chi connectivity index (χ2v) is 7.77. The molecule has 1 N–H and O–H groups in total. The summed E-state index contributed by atoms with van der Waals surface area (Å²) in [5, 5.41) is 3.01. The van der Waals surface area contributed by atoms with Crippen molar-refractivity contribution in [2.75, 3.05) is 26.4 Å². The summed E-state index contributed by atoms with van der Waals surface area (Å²) in [6.45, 7) is 0.629. The van der Waals surface area contributed by atoms with E-state index in [2.05, 4.69) is 10.3 Å². The van der Waals surface area contributed by atoms with Crippen molar-refractivity contribution in [2.45, 2.75) is 11.4 Å². The van der Waals surface area contributed by atoms with Gasteiger partial charge in [-0.05, 0) is 17.7 Å². The molecular formula is C18H22FN3O2S. The molecule has 0 aliphatic carbocycles. The number of hydrogen-bond donors (Lipinski definition) is 1. The minimum Gasteiger partial charge on any atom is -0.355 e. The van der Waals surface area contributed by atoms with Gasteiger partial charge in [-0.25, -0.2) is 17.8 Å². The number of halogens is 1. The van der Waals surface area contributed by atoms with E-state index in [1.807, 2.05) is 44.4 Å². The van der Waals surface area contributed by atoms with Crippen LogP contribution in [0.4, 0.5) is 4.39 Å². The molecule has 0 aliphatic heterocycles. The molecule has 0 aliphatic rings. The van der Waals surface area contributed by atoms with Gasteiger partial charge in [0.05, 0.1) is 12.3 Å². The Hall–Kier alpha value is -2.41. The zero-order valence-corrected chi connectivity index (χ0v) is 15.1. The van der Waals surface area contributed by atoms with Crippen LogP contribution in [0.3, 0.4) is 0 Å². The normalized spacial score (nSPS) is 12.0. The first kappa shape index (κ1) is 18.9. The molecule has 0 saturated carbocycles. The summed E-state index contributed by atoms with van der Waals surface area (Å²) in [4.78, 5) is 5.97. The van der Waals surface area contributed by atoms with Gasteiger partial charge in [-0.1, -0.05) is 42.5 Å². The Balaban J connectivity index is 1.98. The van der Waals surface area contributed by atoms with Crippen LogP contribution in [0, 0.1) is 5.82 Å². The Morgan fingerprint density at radius 1 is 1.08 bits per heavy atom. The molecule has 0 unspecified atom stereocenters. The molecule has 5 nitrogen and oxygen atoms in total. The van der Waals surface area contributed by atoms with Crippen LogP contribution in [0.2, 0.25) is 0 Å². The van der Waals surface area contributed by atoms with Crippen molar-refractivity contribution >= 4 is 15.8 Å². The summed E-state index contributed by atoms with van der Waals surface area (Å²) in [7, 11) is -0.0472. The molecule has 0 atom stereocenters. The van der Waals surface area contributed by atoms with Crippen LogP contribution in [0.1, 0.15) is 5.56 Å². The topological polar surface area (TPSA) is 61.8 Å². The number of nitrogens with one attached hydrogen (secondary N) is 1. The molecule has 0 bridgehead atoms. The Morgan fingerprint density at radius 3 is 2.36 bits per heavy atom. The summed E-state index contributed by atoms with van der Waals surface area (Å²) in [6.07, 6.45) is 0. The van der Waals surface area contributed by atoms with E-state index in [0.717, 1.165) is 11.6 Å². The molecule has 0 spiro atoms. The van der Waals surface area contributed by atoms with Crippen LogP contribution in [0.25, 0.3) is 0 Å². The third kappa shape index (κ3) is 5.56. The van der Waals surface area contributed by atoms with Crippen molar-refractivity contribution < 1.29 is 12.8 Å². The third-order valence-electron chi connectivity index (χ3n) is 3.50. The zero-order valence-electron chi connectivity index (χ0n) is 14.3. The van der Waals surface area contributed by atoms with Crippen molar-refractivity contribution in [2.24, 2.45) is 4.99 Å². The summed E-state index contributed by atoms with van der Waals surface area (Å²) >= 11 is 0. The van der Waals surface area contributed by atoms with Gasteiger partial charge >= 0.3 is 0 Å². The highest BCUT2D eigenvalue weighted by atomic mass is 32.2. The van der Waals surface area contributed by atoms with Gasteiger partial charge in [0.2, 0.25) is 0 Å². The van der Waals surface area contributed by atoms with Gasteiger partial charge in [-0.15, -0.1) is 0 Å². The van der Waals surface area contributed by atoms with Gasteiger partial charge < -0.3 is 10.2 Å². The van der Waals surface area contributed by atoms with Crippen LogP contribution in [-0.4, -0.2) is 45.7 Å². The minimum atomic E-state index is -3.69. The molecule has 134 valence electrons. The minimum absolute atomic E-state index is 0.141. The smallest absolute Gasteiger partial charge is 0.193 e. The average Bonchev–Trinajstić information content (AvgIpc) is 2.58. The lowest BCUT2D eigenvalue weighted by atomic mass is 10.2. The molecule has 0 radical (unpaired) electrons. The lowest BCUT2D eigenvalue weighted by Gasteiger charge is -2.17. The number of nitrogens with zero attached hydrogens (tertiary/aromatic N) is 2. The van der Waals surface area contributed by atoms with E-state index in [9.17, 15) is 12.8 Å². The first-order valence-electron chi connectivity index (χ1n) is 7.87. The molecule has 0 fully saturated rings. The first-order chi connectivity index (χ1) is 11.9. The SMILES string of the molecule is CN(C)C(=NCc1ccccc1)NCCS(=O)(=O)c1ccccc1F.